The van der Waals surface area contributed by atoms with Crippen molar-refractivity contribution in [2.24, 2.45) is 17.3 Å². The van der Waals surface area contributed by atoms with Crippen LogP contribution in [0.1, 0.15) is 64.7 Å². The van der Waals surface area contributed by atoms with Gasteiger partial charge in [0.1, 0.15) is 0 Å². The molecule has 0 aromatic heterocycles. The molecule has 2 nitrogen and oxygen atoms in total. The molecule has 2 fully saturated rings. The van der Waals surface area contributed by atoms with Gasteiger partial charge < -0.3 is 5.32 Å². The predicted molar refractivity (Wildman–Crippen MR) is 80.4 cm³/mol. The largest absolute Gasteiger partial charge is 0.355 e. The van der Waals surface area contributed by atoms with Crippen LogP contribution >= 0.6 is 11.6 Å². The lowest BCUT2D eigenvalue weighted by Gasteiger charge is -2.34. The molecule has 0 aliphatic heterocycles. The van der Waals surface area contributed by atoms with Gasteiger partial charge in [-0.1, -0.05) is 39.0 Å². The Kier molecular flexibility index (Phi) is 5.56. The van der Waals surface area contributed by atoms with Crippen LogP contribution in [0, 0.1) is 17.3 Å². The molecule has 0 radical (unpaired) electrons. The molecule has 2 rings (SSSR count). The predicted octanol–water partition coefficient (Wildman–Crippen LogP) is 4.12. The van der Waals surface area contributed by atoms with Gasteiger partial charge in [0.15, 0.2) is 0 Å². The Morgan fingerprint density at radius 2 is 1.74 bits per heavy atom. The van der Waals surface area contributed by atoms with E-state index in [1.807, 2.05) is 0 Å². The summed E-state index contributed by atoms with van der Waals surface area (Å²) in [5, 5.41) is 3.23. The van der Waals surface area contributed by atoms with Gasteiger partial charge in [-0.25, -0.2) is 0 Å². The van der Waals surface area contributed by atoms with Gasteiger partial charge in [-0.2, -0.15) is 0 Å². The number of hydrogen-bond donors (Lipinski definition) is 1. The number of carbonyl (C=O) groups is 1. The molecule has 110 valence electrons. The highest BCUT2D eigenvalue weighted by atomic mass is 35.5. The standard InChI is InChI=1S/C16H28ClNO/c1-16(9-5-2-6-10-16)15(19)18-12-14-8-4-3-7-13(14)11-17/h13-14H,2-12H2,1H3,(H,18,19). The number of carbonyl (C=O) groups excluding carboxylic acids is 1. The minimum Gasteiger partial charge on any atom is -0.355 e. The highest BCUT2D eigenvalue weighted by Gasteiger charge is 2.35. The SMILES string of the molecule is CC1(C(=O)NCC2CCCCC2CCl)CCCCC1. The van der Waals surface area contributed by atoms with Crippen molar-refractivity contribution >= 4 is 17.5 Å². The van der Waals surface area contributed by atoms with Crippen molar-refractivity contribution in [2.75, 3.05) is 12.4 Å². The molecule has 0 saturated heterocycles. The summed E-state index contributed by atoms with van der Waals surface area (Å²) in [5.41, 5.74) is -0.108. The molecule has 2 aliphatic carbocycles. The van der Waals surface area contributed by atoms with E-state index in [1.165, 1.54) is 44.9 Å². The van der Waals surface area contributed by atoms with E-state index in [2.05, 4.69) is 12.2 Å². The molecule has 2 aliphatic rings. The third-order valence-electron chi connectivity index (χ3n) is 5.29. The second-order valence-corrected chi connectivity index (χ2v) is 7.10. The molecule has 0 spiro atoms. The van der Waals surface area contributed by atoms with Crippen molar-refractivity contribution in [1.29, 1.82) is 0 Å². The van der Waals surface area contributed by atoms with Gasteiger partial charge >= 0.3 is 0 Å². The van der Waals surface area contributed by atoms with Crippen LogP contribution in [0.25, 0.3) is 0 Å². The van der Waals surface area contributed by atoms with E-state index in [0.717, 1.165) is 25.3 Å². The maximum Gasteiger partial charge on any atom is 0.225 e. The Labute approximate surface area is 122 Å². The van der Waals surface area contributed by atoms with Crippen LogP contribution in [0.3, 0.4) is 0 Å². The molecule has 19 heavy (non-hydrogen) atoms. The Morgan fingerprint density at radius 3 is 2.37 bits per heavy atom. The Bertz CT molecular complexity index is 299. The van der Waals surface area contributed by atoms with Crippen LogP contribution in [0.2, 0.25) is 0 Å². The fourth-order valence-corrected chi connectivity index (χ4v) is 4.16. The van der Waals surface area contributed by atoms with E-state index in [1.54, 1.807) is 0 Å². The average Bonchev–Trinajstić information content (AvgIpc) is 2.45. The van der Waals surface area contributed by atoms with Crippen molar-refractivity contribution in [3.63, 3.8) is 0 Å². The number of amides is 1. The molecular formula is C16H28ClNO. The second kappa shape index (κ2) is 6.97. The second-order valence-electron chi connectivity index (χ2n) is 6.79. The molecule has 1 amide bonds. The lowest BCUT2D eigenvalue weighted by atomic mass is 9.74. The van der Waals surface area contributed by atoms with Crippen LogP contribution < -0.4 is 5.32 Å². The number of hydrogen-bond acceptors (Lipinski definition) is 1. The quantitative estimate of drug-likeness (QED) is 0.774. The van der Waals surface area contributed by atoms with Gasteiger partial charge in [-0.3, -0.25) is 4.79 Å². The molecule has 0 aromatic rings. The van der Waals surface area contributed by atoms with Crippen molar-refractivity contribution in [3.05, 3.63) is 0 Å². The smallest absolute Gasteiger partial charge is 0.225 e. The van der Waals surface area contributed by atoms with E-state index in [-0.39, 0.29) is 11.3 Å². The summed E-state index contributed by atoms with van der Waals surface area (Å²) < 4.78 is 0. The third kappa shape index (κ3) is 3.87. The van der Waals surface area contributed by atoms with Gasteiger partial charge in [0.2, 0.25) is 5.91 Å². The van der Waals surface area contributed by atoms with Gasteiger partial charge in [-0.15, -0.1) is 11.6 Å². The summed E-state index contributed by atoms with van der Waals surface area (Å²) >= 11 is 6.05. The first-order valence-corrected chi connectivity index (χ1v) is 8.53. The molecule has 2 atom stereocenters. The highest BCUT2D eigenvalue weighted by molar-refractivity contribution is 6.18. The van der Waals surface area contributed by atoms with Crippen LogP contribution in [0.5, 0.6) is 0 Å². The van der Waals surface area contributed by atoms with E-state index < -0.39 is 0 Å². The topological polar surface area (TPSA) is 29.1 Å². The summed E-state index contributed by atoms with van der Waals surface area (Å²) in [4.78, 5) is 12.4. The fourth-order valence-electron chi connectivity index (χ4n) is 3.75. The Balaban J connectivity index is 1.81. The van der Waals surface area contributed by atoms with Gasteiger partial charge in [0, 0.05) is 17.8 Å². The van der Waals surface area contributed by atoms with E-state index in [0.29, 0.717) is 11.8 Å². The van der Waals surface area contributed by atoms with Gasteiger partial charge in [0.25, 0.3) is 0 Å². The maximum atomic E-state index is 12.4. The van der Waals surface area contributed by atoms with Crippen molar-refractivity contribution in [1.82, 2.24) is 5.32 Å². The van der Waals surface area contributed by atoms with Gasteiger partial charge in [0.05, 0.1) is 0 Å². The molecule has 0 bridgehead atoms. The van der Waals surface area contributed by atoms with Gasteiger partial charge in [-0.05, 0) is 37.5 Å². The van der Waals surface area contributed by atoms with Crippen LogP contribution in [0.4, 0.5) is 0 Å². The lowest BCUT2D eigenvalue weighted by Crippen LogP contribution is -2.43. The summed E-state index contributed by atoms with van der Waals surface area (Å²) in [6, 6.07) is 0. The van der Waals surface area contributed by atoms with Crippen LogP contribution in [-0.2, 0) is 4.79 Å². The van der Waals surface area contributed by atoms with Crippen LogP contribution in [-0.4, -0.2) is 18.3 Å². The zero-order valence-corrected chi connectivity index (χ0v) is 13.0. The summed E-state index contributed by atoms with van der Waals surface area (Å²) in [7, 11) is 0. The molecule has 2 unspecified atom stereocenters. The number of alkyl halides is 1. The first-order chi connectivity index (χ1) is 9.15. The Hall–Kier alpha value is -0.240. The minimum atomic E-state index is -0.108. The summed E-state index contributed by atoms with van der Waals surface area (Å²) in [6.07, 6.45) is 10.9. The molecule has 0 heterocycles. The number of rotatable bonds is 4. The number of nitrogens with one attached hydrogen (secondary N) is 1. The monoisotopic (exact) mass is 285 g/mol. The summed E-state index contributed by atoms with van der Waals surface area (Å²) in [6.45, 7) is 2.98. The van der Waals surface area contributed by atoms with E-state index in [4.69, 9.17) is 11.6 Å². The highest BCUT2D eigenvalue weighted by Crippen LogP contribution is 2.36. The Morgan fingerprint density at radius 1 is 1.11 bits per heavy atom. The fraction of sp³-hybridized carbons (Fsp3) is 0.938. The average molecular weight is 286 g/mol. The third-order valence-corrected chi connectivity index (χ3v) is 5.69. The van der Waals surface area contributed by atoms with E-state index >= 15 is 0 Å². The number of halogens is 1. The summed E-state index contributed by atoms with van der Waals surface area (Å²) in [5.74, 6) is 2.24. The zero-order valence-electron chi connectivity index (χ0n) is 12.2. The maximum absolute atomic E-state index is 12.4. The van der Waals surface area contributed by atoms with Crippen molar-refractivity contribution in [3.8, 4) is 0 Å². The minimum absolute atomic E-state index is 0.108. The lowest BCUT2D eigenvalue weighted by molar-refractivity contribution is -0.132. The molecule has 0 aromatic carbocycles. The normalized spacial score (nSPS) is 30.8. The van der Waals surface area contributed by atoms with Crippen molar-refractivity contribution < 1.29 is 4.79 Å². The first kappa shape index (κ1) is 15.2. The molecule has 1 N–H and O–H groups in total. The van der Waals surface area contributed by atoms with Crippen molar-refractivity contribution in [2.45, 2.75) is 64.7 Å². The molecule has 3 heteroatoms. The zero-order chi connectivity index (χ0) is 13.7. The first-order valence-electron chi connectivity index (χ1n) is 8.00. The molecular weight excluding hydrogens is 258 g/mol. The van der Waals surface area contributed by atoms with E-state index in [9.17, 15) is 4.79 Å². The molecule has 2 saturated carbocycles. The van der Waals surface area contributed by atoms with Crippen LogP contribution in [0.15, 0.2) is 0 Å².